The third kappa shape index (κ3) is 4.31. The number of hydrogen-bond acceptors (Lipinski definition) is 7. The molecule has 0 radical (unpaired) electrons. The Morgan fingerprint density at radius 3 is 2.66 bits per heavy atom. The molecule has 2 unspecified atom stereocenters. The van der Waals surface area contributed by atoms with Crippen molar-refractivity contribution in [2.75, 3.05) is 19.4 Å². The summed E-state index contributed by atoms with van der Waals surface area (Å²) in [5, 5.41) is 12.5. The number of rotatable bonds is 7. The molecule has 2 atom stereocenters. The van der Waals surface area contributed by atoms with Crippen molar-refractivity contribution in [3.05, 3.63) is 53.1 Å². The Kier molecular flexibility index (Phi) is 6.30. The summed E-state index contributed by atoms with van der Waals surface area (Å²) in [4.78, 5) is 23.6. The lowest BCUT2D eigenvalue weighted by Gasteiger charge is -2.17. The molecule has 9 heteroatoms. The highest BCUT2D eigenvalue weighted by atomic mass is 32.2. The van der Waals surface area contributed by atoms with E-state index in [1.54, 1.807) is 13.1 Å². The van der Waals surface area contributed by atoms with Gasteiger partial charge in [0.1, 0.15) is 0 Å². The predicted octanol–water partition coefficient (Wildman–Crippen LogP) is 1.63. The van der Waals surface area contributed by atoms with Crippen LogP contribution in [-0.2, 0) is 16.4 Å². The van der Waals surface area contributed by atoms with Crippen molar-refractivity contribution in [1.82, 2.24) is 20.2 Å². The minimum absolute atomic E-state index is 0.0202. The Bertz CT molecular complexity index is 992. The molecule has 1 aliphatic heterocycles. The number of nitrogens with one attached hydrogen (secondary N) is 1. The van der Waals surface area contributed by atoms with Gasteiger partial charge < -0.3 is 10.4 Å². The fourth-order valence-electron chi connectivity index (χ4n) is 3.57. The summed E-state index contributed by atoms with van der Waals surface area (Å²) in [6, 6.07) is 4.29. The topological polar surface area (TPSA) is 112 Å². The second kappa shape index (κ2) is 8.56. The third-order valence-corrected chi connectivity index (χ3v) is 6.98. The van der Waals surface area contributed by atoms with Gasteiger partial charge in [-0.2, -0.15) is 0 Å². The van der Waals surface area contributed by atoms with Crippen LogP contribution in [0.3, 0.4) is 0 Å². The summed E-state index contributed by atoms with van der Waals surface area (Å²) < 4.78 is 23.8. The van der Waals surface area contributed by atoms with E-state index in [2.05, 4.69) is 27.1 Å². The Hall–Kier alpha value is -2.36. The molecule has 0 spiro atoms. The van der Waals surface area contributed by atoms with Gasteiger partial charge in [-0.1, -0.05) is 13.8 Å². The van der Waals surface area contributed by atoms with Crippen LogP contribution in [0.1, 0.15) is 59.7 Å². The molecule has 2 N–H and O–H groups in total. The lowest BCUT2D eigenvalue weighted by molar-refractivity contribution is 0.0914. The maximum absolute atomic E-state index is 12.7. The fraction of sp³-hybridized carbons (Fsp3) is 0.450. The summed E-state index contributed by atoms with van der Waals surface area (Å²) in [5.41, 5.74) is 2.83. The summed E-state index contributed by atoms with van der Waals surface area (Å²) in [6.07, 6.45) is 3.75. The highest BCUT2D eigenvalue weighted by Gasteiger charge is 2.28. The van der Waals surface area contributed by atoms with Crippen LogP contribution in [-0.4, -0.2) is 53.7 Å². The van der Waals surface area contributed by atoms with Crippen LogP contribution in [0.5, 0.6) is 0 Å². The van der Waals surface area contributed by atoms with Crippen LogP contribution in [0.25, 0.3) is 0 Å². The monoisotopic (exact) mass is 418 g/mol. The zero-order valence-corrected chi connectivity index (χ0v) is 17.6. The largest absolute Gasteiger partial charge is 0.394 e. The minimum atomic E-state index is -3.36. The van der Waals surface area contributed by atoms with E-state index in [1.165, 1.54) is 18.3 Å². The third-order valence-electron chi connectivity index (χ3n) is 5.26. The Labute approximate surface area is 170 Å². The predicted molar refractivity (Wildman–Crippen MR) is 108 cm³/mol. The number of carbonyl (C=O) groups is 1. The van der Waals surface area contributed by atoms with E-state index in [-0.39, 0.29) is 29.2 Å². The average molecular weight is 419 g/mol. The van der Waals surface area contributed by atoms with E-state index in [0.29, 0.717) is 11.3 Å². The smallest absolute Gasteiger partial charge is 0.253 e. The zero-order chi connectivity index (χ0) is 21.2. The molecule has 0 saturated carbocycles. The molecule has 3 rings (SSSR count). The van der Waals surface area contributed by atoms with E-state index in [1.807, 2.05) is 13.1 Å². The Morgan fingerprint density at radius 2 is 2.07 bits per heavy atom. The molecule has 0 saturated heterocycles. The summed E-state index contributed by atoms with van der Waals surface area (Å²) in [7, 11) is -1.32. The molecule has 0 bridgehead atoms. The van der Waals surface area contributed by atoms with Crippen LogP contribution in [0.4, 0.5) is 0 Å². The summed E-state index contributed by atoms with van der Waals surface area (Å²) >= 11 is 0. The van der Waals surface area contributed by atoms with Crippen molar-refractivity contribution in [1.29, 1.82) is 0 Å². The van der Waals surface area contributed by atoms with Crippen LogP contribution >= 0.6 is 0 Å². The van der Waals surface area contributed by atoms with Crippen LogP contribution in [0.2, 0.25) is 0 Å². The molecule has 2 aromatic heterocycles. The number of pyridine rings is 2. The molecule has 3 heterocycles. The van der Waals surface area contributed by atoms with Crippen molar-refractivity contribution in [2.45, 2.75) is 43.8 Å². The van der Waals surface area contributed by atoms with Gasteiger partial charge >= 0.3 is 0 Å². The Balaban J connectivity index is 1.76. The van der Waals surface area contributed by atoms with E-state index >= 15 is 0 Å². The number of aromatic nitrogens is 2. The average Bonchev–Trinajstić information content (AvgIpc) is 3.05. The van der Waals surface area contributed by atoms with Gasteiger partial charge in [-0.25, -0.2) is 8.42 Å². The molecule has 0 aromatic carbocycles. The molecule has 156 valence electrons. The van der Waals surface area contributed by atoms with Crippen molar-refractivity contribution < 1.29 is 18.3 Å². The summed E-state index contributed by atoms with van der Waals surface area (Å²) in [5.74, 6) is -0.387. The van der Waals surface area contributed by atoms with Gasteiger partial charge in [0, 0.05) is 18.9 Å². The molecule has 2 aromatic rings. The highest BCUT2D eigenvalue weighted by molar-refractivity contribution is 7.91. The van der Waals surface area contributed by atoms with Gasteiger partial charge in [0.15, 0.2) is 9.84 Å². The zero-order valence-electron chi connectivity index (χ0n) is 16.8. The molecule has 0 aliphatic carbocycles. The first-order chi connectivity index (χ1) is 13.8. The number of sulfone groups is 1. The van der Waals surface area contributed by atoms with E-state index in [4.69, 9.17) is 0 Å². The van der Waals surface area contributed by atoms with Crippen molar-refractivity contribution >= 4 is 15.7 Å². The van der Waals surface area contributed by atoms with Crippen molar-refractivity contribution in [3.8, 4) is 0 Å². The number of carbonyl (C=O) groups excluding carboxylic acids is 1. The number of amides is 1. The number of aliphatic hydroxyl groups is 1. The minimum Gasteiger partial charge on any atom is -0.394 e. The van der Waals surface area contributed by atoms with Gasteiger partial charge in [-0.05, 0) is 37.2 Å². The van der Waals surface area contributed by atoms with Gasteiger partial charge in [0.25, 0.3) is 5.91 Å². The Morgan fingerprint density at radius 1 is 1.31 bits per heavy atom. The fourth-order valence-corrected chi connectivity index (χ4v) is 4.39. The van der Waals surface area contributed by atoms with Gasteiger partial charge in [0.05, 0.1) is 46.3 Å². The quantitative estimate of drug-likeness (QED) is 0.703. The van der Waals surface area contributed by atoms with E-state index in [0.717, 1.165) is 24.2 Å². The second-order valence-electron chi connectivity index (χ2n) is 7.14. The number of hydrogen-bond donors (Lipinski definition) is 2. The van der Waals surface area contributed by atoms with Crippen LogP contribution < -0.4 is 5.32 Å². The van der Waals surface area contributed by atoms with Crippen LogP contribution in [0, 0.1) is 0 Å². The van der Waals surface area contributed by atoms with Gasteiger partial charge in [0.2, 0.25) is 0 Å². The van der Waals surface area contributed by atoms with Gasteiger partial charge in [-0.3, -0.25) is 19.7 Å². The second-order valence-corrected chi connectivity index (χ2v) is 9.42. The van der Waals surface area contributed by atoms with Crippen LogP contribution in [0.15, 0.2) is 35.5 Å². The summed E-state index contributed by atoms with van der Waals surface area (Å²) in [6.45, 7) is 4.04. The molecular weight excluding hydrogens is 392 g/mol. The normalized spacial score (nSPS) is 17.7. The van der Waals surface area contributed by atoms with E-state index in [9.17, 15) is 18.3 Å². The first kappa shape index (κ1) is 21.4. The van der Waals surface area contributed by atoms with Crippen molar-refractivity contribution in [3.63, 3.8) is 0 Å². The number of fused-ring (bicyclic) bond motifs is 1. The molecule has 8 nitrogen and oxygen atoms in total. The first-order valence-corrected chi connectivity index (χ1v) is 11.2. The SMILES string of the molecule is CCC1c2ncc(C(=O)NC(CO)c3ccc(S(=O)(=O)CC)cn3)cc2CN1C. The van der Waals surface area contributed by atoms with Crippen molar-refractivity contribution in [2.24, 2.45) is 0 Å². The molecular formula is C20H26N4O4S. The molecule has 1 aliphatic rings. The highest BCUT2D eigenvalue weighted by Crippen LogP contribution is 2.33. The lowest BCUT2D eigenvalue weighted by Crippen LogP contribution is -2.31. The first-order valence-electron chi connectivity index (χ1n) is 9.60. The lowest BCUT2D eigenvalue weighted by atomic mass is 10.1. The standard InChI is InChI=1S/C20H26N4O4S/c1-4-18-19-14(11-24(18)3)8-13(9-22-19)20(26)23-17(12-25)16-7-6-15(10-21-16)29(27,28)5-2/h6-10,17-18,25H,4-5,11-12H2,1-3H3,(H,23,26). The number of nitrogens with zero attached hydrogens (tertiary/aromatic N) is 3. The molecule has 1 amide bonds. The maximum Gasteiger partial charge on any atom is 0.253 e. The molecule has 0 fully saturated rings. The van der Waals surface area contributed by atoms with Gasteiger partial charge in [-0.15, -0.1) is 0 Å². The maximum atomic E-state index is 12.7. The molecule has 29 heavy (non-hydrogen) atoms. The van der Waals surface area contributed by atoms with E-state index < -0.39 is 15.9 Å². The number of aliphatic hydroxyl groups excluding tert-OH is 1.